The number of aliphatic hydroxyl groups excluding tert-OH is 1. The summed E-state index contributed by atoms with van der Waals surface area (Å²) in [5, 5.41) is 10.5. The Morgan fingerprint density at radius 2 is 1.87 bits per heavy atom. The van der Waals surface area contributed by atoms with Crippen molar-refractivity contribution in [3.05, 3.63) is 29.8 Å². The Hall–Kier alpha value is -0.470. The first-order valence-corrected chi connectivity index (χ1v) is 6.50. The molecule has 0 aliphatic carbocycles. The fourth-order valence-corrected chi connectivity index (χ4v) is 2.48. The summed E-state index contributed by atoms with van der Waals surface area (Å²) in [6.07, 6.45) is 1.61. The molecule has 0 radical (unpaired) electrons. The van der Waals surface area contributed by atoms with Crippen molar-refractivity contribution < 1.29 is 5.11 Å². The van der Waals surface area contributed by atoms with Gasteiger partial charge in [-0.05, 0) is 24.5 Å². The molecule has 1 rings (SSSR count). The Balaban J connectivity index is 2.86. The fraction of sp³-hybridized carbons (Fsp3) is 0.538. The van der Waals surface area contributed by atoms with Gasteiger partial charge in [0.15, 0.2) is 0 Å². The molecule has 1 aromatic carbocycles. The van der Waals surface area contributed by atoms with Gasteiger partial charge in [0.05, 0.1) is 6.10 Å². The lowest BCUT2D eigenvalue weighted by molar-refractivity contribution is 0.171. The van der Waals surface area contributed by atoms with Crippen LogP contribution in [-0.4, -0.2) is 10.4 Å². The highest BCUT2D eigenvalue weighted by atomic mass is 32.2. The molecule has 0 aliphatic rings. The maximum absolute atomic E-state index is 9.88. The summed E-state index contributed by atoms with van der Waals surface area (Å²) < 4.78 is 0. The summed E-state index contributed by atoms with van der Waals surface area (Å²) in [5.74, 6) is 0. The summed E-state index contributed by atoms with van der Waals surface area (Å²) >= 11 is 1.85. The molecule has 0 saturated heterocycles. The molecule has 0 heterocycles. The van der Waals surface area contributed by atoms with Crippen molar-refractivity contribution in [3.8, 4) is 0 Å². The van der Waals surface area contributed by atoms with Crippen LogP contribution in [0.2, 0.25) is 0 Å². The van der Waals surface area contributed by atoms with Gasteiger partial charge in [0, 0.05) is 10.1 Å². The molecule has 2 unspecified atom stereocenters. The third-order valence-electron chi connectivity index (χ3n) is 2.57. The zero-order valence-corrected chi connectivity index (χ0v) is 10.6. The maximum Gasteiger partial charge on any atom is 0.0798 e. The van der Waals surface area contributed by atoms with Gasteiger partial charge in [-0.3, -0.25) is 0 Å². The summed E-state index contributed by atoms with van der Waals surface area (Å²) in [4.78, 5) is 1.22. The Morgan fingerprint density at radius 3 is 2.47 bits per heavy atom. The Labute approximate surface area is 96.9 Å². The van der Waals surface area contributed by atoms with Crippen LogP contribution in [0, 0.1) is 0 Å². The molecule has 2 heteroatoms. The van der Waals surface area contributed by atoms with E-state index in [2.05, 4.69) is 19.9 Å². The minimum absolute atomic E-state index is 0.322. The van der Waals surface area contributed by atoms with Crippen LogP contribution in [0.4, 0.5) is 0 Å². The molecule has 0 aliphatic heterocycles. The average molecular weight is 224 g/mol. The molecule has 0 amide bonds. The molecule has 1 nitrogen and oxygen atoms in total. The van der Waals surface area contributed by atoms with Gasteiger partial charge in [-0.1, -0.05) is 39.0 Å². The summed E-state index contributed by atoms with van der Waals surface area (Å²) in [6, 6.07) is 8.16. The smallest absolute Gasteiger partial charge is 0.0798 e. The maximum atomic E-state index is 9.88. The highest BCUT2D eigenvalue weighted by Crippen LogP contribution is 2.32. The largest absolute Gasteiger partial charge is 0.388 e. The van der Waals surface area contributed by atoms with E-state index in [-0.39, 0.29) is 6.10 Å². The monoisotopic (exact) mass is 224 g/mol. The number of thioether (sulfide) groups is 1. The Bertz CT molecular complexity index is 298. The molecule has 0 bridgehead atoms. The molecule has 1 aromatic rings. The predicted molar refractivity (Wildman–Crippen MR) is 67.3 cm³/mol. The lowest BCUT2D eigenvalue weighted by atomic mass is 10.1. The van der Waals surface area contributed by atoms with Crippen LogP contribution in [-0.2, 0) is 0 Å². The molecule has 2 atom stereocenters. The lowest BCUT2D eigenvalue weighted by Crippen LogP contribution is -2.00. The minimum atomic E-state index is -0.322. The van der Waals surface area contributed by atoms with E-state index in [1.54, 1.807) is 0 Å². The summed E-state index contributed by atoms with van der Waals surface area (Å²) in [6.45, 7) is 6.42. The number of aliphatic hydroxyl groups is 1. The van der Waals surface area contributed by atoms with Crippen molar-refractivity contribution in [2.24, 2.45) is 0 Å². The van der Waals surface area contributed by atoms with E-state index in [9.17, 15) is 5.11 Å². The Morgan fingerprint density at radius 1 is 1.20 bits per heavy atom. The van der Waals surface area contributed by atoms with Crippen molar-refractivity contribution in [1.29, 1.82) is 0 Å². The SMILES string of the molecule is CCC(C)Sc1ccccc1C(O)CC. The van der Waals surface area contributed by atoms with E-state index < -0.39 is 0 Å². The zero-order valence-electron chi connectivity index (χ0n) is 9.73. The second-order valence-electron chi connectivity index (χ2n) is 3.80. The van der Waals surface area contributed by atoms with E-state index in [4.69, 9.17) is 0 Å². The van der Waals surface area contributed by atoms with Gasteiger partial charge in [0.25, 0.3) is 0 Å². The number of rotatable bonds is 5. The quantitative estimate of drug-likeness (QED) is 0.762. The van der Waals surface area contributed by atoms with Crippen LogP contribution >= 0.6 is 11.8 Å². The van der Waals surface area contributed by atoms with E-state index in [0.717, 1.165) is 18.4 Å². The van der Waals surface area contributed by atoms with Crippen LogP contribution in [0.15, 0.2) is 29.2 Å². The van der Waals surface area contributed by atoms with Gasteiger partial charge in [-0.25, -0.2) is 0 Å². The summed E-state index contributed by atoms with van der Waals surface area (Å²) in [7, 11) is 0. The number of hydrogen-bond donors (Lipinski definition) is 1. The van der Waals surface area contributed by atoms with Crippen molar-refractivity contribution in [2.45, 2.75) is 49.9 Å². The zero-order chi connectivity index (χ0) is 11.3. The highest BCUT2D eigenvalue weighted by Gasteiger charge is 2.11. The first kappa shape index (κ1) is 12.6. The third-order valence-corrected chi connectivity index (χ3v) is 3.93. The number of hydrogen-bond acceptors (Lipinski definition) is 2. The van der Waals surface area contributed by atoms with Gasteiger partial charge in [-0.2, -0.15) is 0 Å². The first-order valence-electron chi connectivity index (χ1n) is 5.62. The molecule has 0 aromatic heterocycles. The molecule has 0 spiro atoms. The van der Waals surface area contributed by atoms with Crippen LogP contribution in [0.5, 0.6) is 0 Å². The van der Waals surface area contributed by atoms with E-state index in [0.29, 0.717) is 5.25 Å². The topological polar surface area (TPSA) is 20.2 Å². The van der Waals surface area contributed by atoms with Gasteiger partial charge in [0.1, 0.15) is 0 Å². The Kier molecular flexibility index (Phi) is 5.20. The summed E-state index contributed by atoms with van der Waals surface area (Å²) in [5.41, 5.74) is 1.07. The van der Waals surface area contributed by atoms with Crippen LogP contribution in [0.1, 0.15) is 45.3 Å². The van der Waals surface area contributed by atoms with Crippen LogP contribution in [0.3, 0.4) is 0 Å². The molecular formula is C13H20OS. The molecule has 0 fully saturated rings. The molecule has 1 N–H and O–H groups in total. The average Bonchev–Trinajstić information content (AvgIpc) is 2.28. The van der Waals surface area contributed by atoms with E-state index >= 15 is 0 Å². The molecule has 84 valence electrons. The normalized spacial score (nSPS) is 14.9. The van der Waals surface area contributed by atoms with Gasteiger partial charge < -0.3 is 5.11 Å². The second kappa shape index (κ2) is 6.19. The second-order valence-corrected chi connectivity index (χ2v) is 5.28. The van der Waals surface area contributed by atoms with E-state index in [1.807, 2.05) is 36.9 Å². The van der Waals surface area contributed by atoms with Crippen LogP contribution in [0.25, 0.3) is 0 Å². The number of benzene rings is 1. The van der Waals surface area contributed by atoms with Gasteiger partial charge >= 0.3 is 0 Å². The van der Waals surface area contributed by atoms with Gasteiger partial charge in [-0.15, -0.1) is 11.8 Å². The van der Waals surface area contributed by atoms with Crippen molar-refractivity contribution in [3.63, 3.8) is 0 Å². The predicted octanol–water partition coefficient (Wildman–Crippen LogP) is 4.02. The van der Waals surface area contributed by atoms with Crippen molar-refractivity contribution >= 4 is 11.8 Å². The molecule has 15 heavy (non-hydrogen) atoms. The molecule has 0 saturated carbocycles. The highest BCUT2D eigenvalue weighted by molar-refractivity contribution is 8.00. The third kappa shape index (κ3) is 3.54. The standard InChI is InChI=1S/C13H20OS/c1-4-10(3)15-13-9-7-6-8-11(13)12(14)5-2/h6-10,12,14H,4-5H2,1-3H3. The minimum Gasteiger partial charge on any atom is -0.388 e. The van der Waals surface area contributed by atoms with Crippen molar-refractivity contribution in [2.75, 3.05) is 0 Å². The lowest BCUT2D eigenvalue weighted by Gasteiger charge is -2.16. The van der Waals surface area contributed by atoms with Crippen LogP contribution < -0.4 is 0 Å². The molecular weight excluding hydrogens is 204 g/mol. The van der Waals surface area contributed by atoms with Crippen molar-refractivity contribution in [1.82, 2.24) is 0 Å². The van der Waals surface area contributed by atoms with Gasteiger partial charge in [0.2, 0.25) is 0 Å². The fourth-order valence-electron chi connectivity index (χ4n) is 1.38. The van der Waals surface area contributed by atoms with E-state index in [1.165, 1.54) is 4.90 Å². The first-order chi connectivity index (χ1) is 7.19.